The van der Waals surface area contributed by atoms with Gasteiger partial charge < -0.3 is 10.5 Å². The second kappa shape index (κ2) is 3.99. The number of benzene rings is 1. The molecular weight excluding hydrogens is 248 g/mol. The van der Waals surface area contributed by atoms with Gasteiger partial charge in [-0.25, -0.2) is 4.52 Å². The van der Waals surface area contributed by atoms with Crippen molar-refractivity contribution in [3.8, 4) is 17.0 Å². The zero-order chi connectivity index (χ0) is 12.7. The fourth-order valence-corrected chi connectivity index (χ4v) is 2.77. The number of anilines is 1. The smallest absolute Gasteiger partial charge is 0.241 e. The molecule has 2 heterocycles. The molecule has 0 aliphatic rings. The highest BCUT2D eigenvalue weighted by Crippen LogP contribution is 2.29. The highest BCUT2D eigenvalue weighted by Gasteiger charge is 2.11. The van der Waals surface area contributed by atoms with Crippen molar-refractivity contribution in [3.05, 3.63) is 29.1 Å². The van der Waals surface area contributed by atoms with Gasteiger partial charge in [-0.1, -0.05) is 0 Å². The molecule has 18 heavy (non-hydrogen) atoms. The zero-order valence-corrected chi connectivity index (χ0v) is 10.9. The van der Waals surface area contributed by atoms with E-state index in [-0.39, 0.29) is 0 Å². The molecule has 1 aromatic carbocycles. The molecule has 0 amide bonds. The third-order valence-electron chi connectivity index (χ3n) is 2.79. The molecule has 0 atom stereocenters. The van der Waals surface area contributed by atoms with Gasteiger partial charge in [-0.2, -0.15) is 4.98 Å². The Hall–Kier alpha value is -2.08. The van der Waals surface area contributed by atoms with Crippen LogP contribution in [-0.2, 0) is 0 Å². The summed E-state index contributed by atoms with van der Waals surface area (Å²) in [6.07, 6.45) is 0. The van der Waals surface area contributed by atoms with E-state index >= 15 is 0 Å². The number of nitrogen functional groups attached to an aromatic ring is 1. The average molecular weight is 260 g/mol. The fraction of sp³-hybridized carbons (Fsp3) is 0.167. The highest BCUT2D eigenvalue weighted by molar-refractivity contribution is 7.15. The van der Waals surface area contributed by atoms with Gasteiger partial charge in [-0.3, -0.25) is 0 Å². The molecule has 0 unspecified atom stereocenters. The Kier molecular flexibility index (Phi) is 2.45. The number of nitrogens with zero attached hydrogens (tertiary/aromatic N) is 3. The first-order valence-corrected chi connectivity index (χ1v) is 6.32. The van der Waals surface area contributed by atoms with E-state index in [0.29, 0.717) is 5.95 Å². The summed E-state index contributed by atoms with van der Waals surface area (Å²) in [7, 11) is 1.67. The van der Waals surface area contributed by atoms with Gasteiger partial charge in [0.05, 0.1) is 12.8 Å². The average Bonchev–Trinajstić information content (AvgIpc) is 2.87. The Morgan fingerprint density at radius 2 is 2.22 bits per heavy atom. The van der Waals surface area contributed by atoms with Crippen LogP contribution in [0.4, 0.5) is 5.95 Å². The largest absolute Gasteiger partial charge is 0.496 e. The van der Waals surface area contributed by atoms with Crippen molar-refractivity contribution in [1.82, 2.24) is 14.6 Å². The minimum Gasteiger partial charge on any atom is -0.496 e. The van der Waals surface area contributed by atoms with Gasteiger partial charge in [0.1, 0.15) is 5.75 Å². The van der Waals surface area contributed by atoms with E-state index in [4.69, 9.17) is 10.5 Å². The number of hydrogen-bond donors (Lipinski definition) is 1. The van der Waals surface area contributed by atoms with E-state index in [2.05, 4.69) is 16.1 Å². The topological polar surface area (TPSA) is 65.4 Å². The Bertz CT molecular complexity index is 716. The van der Waals surface area contributed by atoms with Crippen LogP contribution in [0.2, 0.25) is 0 Å². The molecule has 0 aliphatic heterocycles. The number of fused-ring (bicyclic) bond motifs is 1. The summed E-state index contributed by atoms with van der Waals surface area (Å²) in [5.74, 6) is 1.18. The molecule has 0 bridgehead atoms. The monoisotopic (exact) mass is 260 g/mol. The number of rotatable bonds is 2. The maximum atomic E-state index is 5.60. The maximum absolute atomic E-state index is 5.60. The number of aromatic nitrogens is 3. The van der Waals surface area contributed by atoms with Gasteiger partial charge in [0, 0.05) is 10.9 Å². The number of ether oxygens (including phenoxy) is 1. The molecule has 3 rings (SSSR count). The van der Waals surface area contributed by atoms with E-state index in [1.807, 2.05) is 24.4 Å². The van der Waals surface area contributed by atoms with Crippen LogP contribution in [0.5, 0.6) is 5.75 Å². The van der Waals surface area contributed by atoms with Crippen molar-refractivity contribution in [2.24, 2.45) is 0 Å². The van der Waals surface area contributed by atoms with Crippen molar-refractivity contribution in [1.29, 1.82) is 0 Å². The molecule has 3 aromatic rings. The number of nitrogens with two attached hydrogens (primary N) is 1. The first-order valence-electron chi connectivity index (χ1n) is 5.44. The van der Waals surface area contributed by atoms with Crippen LogP contribution < -0.4 is 10.5 Å². The first-order chi connectivity index (χ1) is 8.69. The first kappa shape index (κ1) is 11.0. The molecule has 2 aromatic heterocycles. The quantitative estimate of drug-likeness (QED) is 0.768. The van der Waals surface area contributed by atoms with Gasteiger partial charge >= 0.3 is 0 Å². The van der Waals surface area contributed by atoms with Crippen molar-refractivity contribution in [3.63, 3.8) is 0 Å². The van der Waals surface area contributed by atoms with Crippen LogP contribution >= 0.6 is 11.3 Å². The van der Waals surface area contributed by atoms with Gasteiger partial charge in [0.2, 0.25) is 10.9 Å². The summed E-state index contributed by atoms with van der Waals surface area (Å²) in [4.78, 5) is 4.94. The summed E-state index contributed by atoms with van der Waals surface area (Å²) < 4.78 is 7.02. The highest BCUT2D eigenvalue weighted by atomic mass is 32.1. The van der Waals surface area contributed by atoms with E-state index < -0.39 is 0 Å². The van der Waals surface area contributed by atoms with Gasteiger partial charge in [-0.05, 0) is 30.7 Å². The molecule has 0 aliphatic carbocycles. The molecule has 0 fully saturated rings. The molecule has 0 spiro atoms. The molecule has 0 radical (unpaired) electrons. The minimum atomic E-state index is 0.299. The molecule has 92 valence electrons. The van der Waals surface area contributed by atoms with Crippen LogP contribution in [0.25, 0.3) is 16.2 Å². The third-order valence-corrected chi connectivity index (χ3v) is 3.60. The SMILES string of the molecule is COc1ccc(-c2csc3nc(N)nn23)cc1C. The zero-order valence-electron chi connectivity index (χ0n) is 10.0. The second-order valence-corrected chi connectivity index (χ2v) is 4.81. The van der Waals surface area contributed by atoms with Crippen LogP contribution in [0.3, 0.4) is 0 Å². The van der Waals surface area contributed by atoms with Crippen LogP contribution in [0, 0.1) is 6.92 Å². The predicted octanol–water partition coefficient (Wildman–Crippen LogP) is 2.36. The number of hydrogen-bond acceptors (Lipinski definition) is 5. The Labute approximate surface area is 108 Å². The third kappa shape index (κ3) is 1.62. The minimum absolute atomic E-state index is 0.299. The van der Waals surface area contributed by atoms with Gasteiger partial charge in [-0.15, -0.1) is 16.4 Å². The van der Waals surface area contributed by atoms with Gasteiger partial charge in [0.25, 0.3) is 0 Å². The van der Waals surface area contributed by atoms with Crippen LogP contribution in [0.1, 0.15) is 5.56 Å². The van der Waals surface area contributed by atoms with E-state index in [9.17, 15) is 0 Å². The predicted molar refractivity (Wildman–Crippen MR) is 72.0 cm³/mol. The molecule has 0 saturated carbocycles. The standard InChI is InChI=1S/C12H12N4OS/c1-7-5-8(3-4-10(7)17-2)9-6-18-12-14-11(13)15-16(9)12/h3-6H,1-2H3,(H2,13,15). The molecule has 2 N–H and O–H groups in total. The Balaban J connectivity index is 2.16. The van der Waals surface area contributed by atoms with E-state index in [1.165, 1.54) is 11.3 Å². The Morgan fingerprint density at radius 3 is 2.94 bits per heavy atom. The summed E-state index contributed by atoms with van der Waals surface area (Å²) >= 11 is 1.52. The molecule has 0 saturated heterocycles. The lowest BCUT2D eigenvalue weighted by Gasteiger charge is -2.06. The summed E-state index contributed by atoms with van der Waals surface area (Å²) in [6.45, 7) is 2.02. The van der Waals surface area contributed by atoms with Crippen LogP contribution in [-0.4, -0.2) is 21.7 Å². The lowest BCUT2D eigenvalue weighted by Crippen LogP contribution is -1.92. The van der Waals surface area contributed by atoms with E-state index in [1.54, 1.807) is 11.6 Å². The van der Waals surface area contributed by atoms with Crippen molar-refractivity contribution in [2.45, 2.75) is 6.92 Å². The van der Waals surface area contributed by atoms with Crippen molar-refractivity contribution in [2.75, 3.05) is 12.8 Å². The summed E-state index contributed by atoms with van der Waals surface area (Å²) in [5.41, 5.74) is 8.75. The normalized spacial score (nSPS) is 11.0. The summed E-state index contributed by atoms with van der Waals surface area (Å²) in [5, 5.41) is 6.21. The van der Waals surface area contributed by atoms with E-state index in [0.717, 1.165) is 27.5 Å². The number of aryl methyl sites for hydroxylation is 1. The van der Waals surface area contributed by atoms with Crippen LogP contribution in [0.15, 0.2) is 23.6 Å². The second-order valence-electron chi connectivity index (χ2n) is 3.97. The molecule has 5 nitrogen and oxygen atoms in total. The fourth-order valence-electron chi connectivity index (χ4n) is 1.93. The number of thiazole rings is 1. The van der Waals surface area contributed by atoms with Crippen molar-refractivity contribution >= 4 is 22.2 Å². The summed E-state index contributed by atoms with van der Waals surface area (Å²) in [6, 6.07) is 6.03. The molecule has 6 heteroatoms. The lowest BCUT2D eigenvalue weighted by atomic mass is 10.1. The number of methoxy groups -OCH3 is 1. The Morgan fingerprint density at radius 1 is 1.39 bits per heavy atom. The maximum Gasteiger partial charge on any atom is 0.241 e. The van der Waals surface area contributed by atoms with Crippen molar-refractivity contribution < 1.29 is 4.74 Å². The lowest BCUT2D eigenvalue weighted by molar-refractivity contribution is 0.412. The van der Waals surface area contributed by atoms with Gasteiger partial charge in [0.15, 0.2) is 0 Å². The molecular formula is C12H12N4OS.